The van der Waals surface area contributed by atoms with Gasteiger partial charge in [0.15, 0.2) is 0 Å². The van der Waals surface area contributed by atoms with Crippen LogP contribution in [0, 0.1) is 28.6 Å². The molecule has 3 fully saturated rings. The normalized spacial score (nSPS) is 44.7. The van der Waals surface area contributed by atoms with Crippen molar-refractivity contribution in [1.29, 1.82) is 0 Å². The van der Waals surface area contributed by atoms with Gasteiger partial charge in [-0.05, 0) is 54.4 Å². The van der Waals surface area contributed by atoms with Gasteiger partial charge >= 0.3 is 0 Å². The van der Waals surface area contributed by atoms with Crippen LogP contribution in [0.2, 0.25) is 0 Å². The van der Waals surface area contributed by atoms with Crippen molar-refractivity contribution in [1.82, 2.24) is 4.90 Å². The minimum absolute atomic E-state index is 0.573. The summed E-state index contributed by atoms with van der Waals surface area (Å²) >= 11 is 0. The van der Waals surface area contributed by atoms with E-state index in [0.717, 1.165) is 17.8 Å². The fourth-order valence-electron chi connectivity index (χ4n) is 5.29. The lowest BCUT2D eigenvalue weighted by Gasteiger charge is -2.50. The lowest BCUT2D eigenvalue weighted by molar-refractivity contribution is -0.0199. The smallest absolute Gasteiger partial charge is 0.00407 e. The maximum atomic E-state index is 2.82. The van der Waals surface area contributed by atoms with E-state index < -0.39 is 0 Å². The van der Waals surface area contributed by atoms with Crippen molar-refractivity contribution in [3.05, 3.63) is 0 Å². The Kier molecular flexibility index (Phi) is 3.95. The van der Waals surface area contributed by atoms with Crippen LogP contribution >= 0.6 is 0 Å². The SMILES string of the molecule is CC1CCC(CCN2CC3CC[C@](C)(C2)C3(C)C)CC1. The molecule has 2 atom stereocenters. The summed E-state index contributed by atoms with van der Waals surface area (Å²) in [5, 5.41) is 0. The highest BCUT2D eigenvalue weighted by atomic mass is 15.2. The Morgan fingerprint density at radius 3 is 2.35 bits per heavy atom. The van der Waals surface area contributed by atoms with Crippen LogP contribution in [0.4, 0.5) is 0 Å². The number of likely N-dealkylation sites (tertiary alicyclic amines) is 1. The Morgan fingerprint density at radius 2 is 1.70 bits per heavy atom. The first-order chi connectivity index (χ1) is 9.41. The molecular weight excluding hydrogens is 242 g/mol. The van der Waals surface area contributed by atoms with E-state index >= 15 is 0 Å². The van der Waals surface area contributed by atoms with Crippen molar-refractivity contribution in [2.45, 2.75) is 72.6 Å². The largest absolute Gasteiger partial charge is 0.302 e. The van der Waals surface area contributed by atoms with Gasteiger partial charge in [-0.2, -0.15) is 0 Å². The van der Waals surface area contributed by atoms with Crippen LogP contribution in [0.1, 0.15) is 72.6 Å². The maximum absolute atomic E-state index is 2.82. The molecule has 1 nitrogen and oxygen atoms in total. The van der Waals surface area contributed by atoms with Crippen molar-refractivity contribution < 1.29 is 0 Å². The average molecular weight is 277 g/mol. The zero-order chi connectivity index (χ0) is 14.4. The summed E-state index contributed by atoms with van der Waals surface area (Å²) in [6.07, 6.45) is 10.4. The molecule has 1 aliphatic heterocycles. The molecule has 3 aliphatic rings. The zero-order valence-corrected chi connectivity index (χ0v) is 14.3. The molecule has 0 spiro atoms. The number of fused-ring (bicyclic) bond motifs is 2. The standard InChI is InChI=1S/C19H35N/c1-15-5-7-16(8-6-15)10-12-20-13-17-9-11-19(4,14-20)18(17,2)3/h15-17H,5-14H2,1-4H3/t15?,16?,17?,19-/m1/s1. The second-order valence-corrected chi connectivity index (χ2v) is 9.17. The zero-order valence-electron chi connectivity index (χ0n) is 14.3. The molecule has 2 saturated carbocycles. The molecule has 3 rings (SSSR count). The van der Waals surface area contributed by atoms with Gasteiger partial charge in [0.1, 0.15) is 0 Å². The van der Waals surface area contributed by atoms with Gasteiger partial charge in [0.05, 0.1) is 0 Å². The molecule has 0 aromatic heterocycles. The predicted octanol–water partition coefficient (Wildman–Crippen LogP) is 4.96. The molecule has 0 radical (unpaired) electrons. The highest BCUT2D eigenvalue weighted by molar-refractivity contribution is 5.05. The fraction of sp³-hybridized carbons (Fsp3) is 1.00. The van der Waals surface area contributed by atoms with E-state index in [1.807, 2.05) is 0 Å². The van der Waals surface area contributed by atoms with Crippen LogP contribution in [-0.4, -0.2) is 24.5 Å². The van der Waals surface area contributed by atoms with Gasteiger partial charge in [-0.25, -0.2) is 0 Å². The number of hydrogen-bond acceptors (Lipinski definition) is 1. The molecule has 2 aliphatic carbocycles. The summed E-state index contributed by atoms with van der Waals surface area (Å²) in [4.78, 5) is 2.82. The number of hydrogen-bond donors (Lipinski definition) is 0. The first-order valence-electron chi connectivity index (χ1n) is 9.13. The van der Waals surface area contributed by atoms with Crippen molar-refractivity contribution in [3.8, 4) is 0 Å². The highest BCUT2D eigenvalue weighted by Crippen LogP contribution is 2.58. The molecule has 0 amide bonds. The second-order valence-electron chi connectivity index (χ2n) is 9.17. The summed E-state index contributed by atoms with van der Waals surface area (Å²) in [5.41, 5.74) is 1.15. The van der Waals surface area contributed by atoms with Gasteiger partial charge in [0, 0.05) is 13.1 Å². The van der Waals surface area contributed by atoms with E-state index in [2.05, 4.69) is 32.6 Å². The number of nitrogens with zero attached hydrogens (tertiary/aromatic N) is 1. The molecule has 20 heavy (non-hydrogen) atoms. The molecule has 0 N–H and O–H groups in total. The maximum Gasteiger partial charge on any atom is 0.00407 e. The minimum atomic E-state index is 0.573. The van der Waals surface area contributed by atoms with Gasteiger partial charge in [-0.15, -0.1) is 0 Å². The average Bonchev–Trinajstić information content (AvgIpc) is 2.55. The third kappa shape index (κ3) is 2.56. The summed E-state index contributed by atoms with van der Waals surface area (Å²) in [6, 6.07) is 0. The minimum Gasteiger partial charge on any atom is -0.302 e. The van der Waals surface area contributed by atoms with E-state index in [1.165, 1.54) is 64.6 Å². The van der Waals surface area contributed by atoms with Gasteiger partial charge in [-0.3, -0.25) is 0 Å². The van der Waals surface area contributed by atoms with E-state index in [0.29, 0.717) is 10.8 Å². The van der Waals surface area contributed by atoms with Crippen LogP contribution < -0.4 is 0 Å². The Balaban J connectivity index is 1.51. The van der Waals surface area contributed by atoms with Crippen LogP contribution in [-0.2, 0) is 0 Å². The summed E-state index contributed by atoms with van der Waals surface area (Å²) < 4.78 is 0. The van der Waals surface area contributed by atoms with Crippen molar-refractivity contribution >= 4 is 0 Å². The molecule has 2 bridgehead atoms. The third-order valence-electron chi connectivity index (χ3n) is 7.66. The first-order valence-corrected chi connectivity index (χ1v) is 9.13. The molecule has 116 valence electrons. The molecular formula is C19H35N. The van der Waals surface area contributed by atoms with Crippen LogP contribution in [0.3, 0.4) is 0 Å². The van der Waals surface area contributed by atoms with E-state index in [1.54, 1.807) is 0 Å². The lowest BCUT2D eigenvalue weighted by Crippen LogP contribution is -2.52. The Labute approximate surface area is 126 Å². The molecule has 1 saturated heterocycles. The molecule has 1 unspecified atom stereocenters. The van der Waals surface area contributed by atoms with Crippen LogP contribution in [0.25, 0.3) is 0 Å². The van der Waals surface area contributed by atoms with Crippen LogP contribution in [0.5, 0.6) is 0 Å². The lowest BCUT2D eigenvalue weighted by atomic mass is 9.63. The van der Waals surface area contributed by atoms with Crippen LogP contribution in [0.15, 0.2) is 0 Å². The summed E-state index contributed by atoms with van der Waals surface area (Å²) in [5.74, 6) is 2.98. The van der Waals surface area contributed by atoms with Gasteiger partial charge in [0.25, 0.3) is 0 Å². The second kappa shape index (κ2) is 5.30. The Bertz CT molecular complexity index is 340. The van der Waals surface area contributed by atoms with Gasteiger partial charge < -0.3 is 4.90 Å². The Hall–Kier alpha value is -0.0400. The predicted molar refractivity (Wildman–Crippen MR) is 86.8 cm³/mol. The van der Waals surface area contributed by atoms with Gasteiger partial charge in [-0.1, -0.05) is 53.4 Å². The summed E-state index contributed by atoms with van der Waals surface area (Å²) in [6.45, 7) is 14.2. The van der Waals surface area contributed by atoms with Crippen molar-refractivity contribution in [2.75, 3.05) is 19.6 Å². The Morgan fingerprint density at radius 1 is 1.00 bits per heavy atom. The highest BCUT2D eigenvalue weighted by Gasteiger charge is 2.55. The molecule has 0 aromatic carbocycles. The summed E-state index contributed by atoms with van der Waals surface area (Å²) in [7, 11) is 0. The third-order valence-corrected chi connectivity index (χ3v) is 7.66. The molecule has 1 heteroatoms. The van der Waals surface area contributed by atoms with Gasteiger partial charge in [0.2, 0.25) is 0 Å². The number of piperidine rings is 1. The first kappa shape index (κ1) is 14.9. The monoisotopic (exact) mass is 277 g/mol. The fourth-order valence-corrected chi connectivity index (χ4v) is 5.29. The molecule has 0 aromatic rings. The van der Waals surface area contributed by atoms with Crippen molar-refractivity contribution in [2.24, 2.45) is 28.6 Å². The quantitative estimate of drug-likeness (QED) is 0.704. The number of rotatable bonds is 3. The van der Waals surface area contributed by atoms with Crippen molar-refractivity contribution in [3.63, 3.8) is 0 Å². The van der Waals surface area contributed by atoms with E-state index in [9.17, 15) is 0 Å². The van der Waals surface area contributed by atoms with E-state index in [-0.39, 0.29) is 0 Å². The van der Waals surface area contributed by atoms with E-state index in [4.69, 9.17) is 0 Å². The topological polar surface area (TPSA) is 3.24 Å². The molecule has 1 heterocycles.